The van der Waals surface area contributed by atoms with Crippen molar-refractivity contribution in [3.05, 3.63) is 88.6 Å². The Kier molecular flexibility index (Phi) is 8.09. The summed E-state index contributed by atoms with van der Waals surface area (Å²) in [7, 11) is -1.59. The molecule has 1 N–H and O–H groups in total. The number of aromatic nitrogens is 3. The van der Waals surface area contributed by atoms with Crippen molar-refractivity contribution in [2.75, 3.05) is 32.2 Å². The zero-order valence-corrected chi connectivity index (χ0v) is 24.0. The Bertz CT molecular complexity index is 1700. The van der Waals surface area contributed by atoms with Crippen LogP contribution in [0.4, 0.5) is 0 Å². The summed E-state index contributed by atoms with van der Waals surface area (Å²) in [5, 5.41) is 13.6. The molecule has 0 unspecified atom stereocenters. The molecule has 0 saturated heterocycles. The van der Waals surface area contributed by atoms with E-state index in [1.54, 1.807) is 6.07 Å². The fraction of sp³-hybridized carbons (Fsp3) is 0.300. The van der Waals surface area contributed by atoms with E-state index in [0.717, 1.165) is 36.2 Å². The first-order chi connectivity index (χ1) is 19.6. The van der Waals surface area contributed by atoms with E-state index in [1.807, 2.05) is 37.3 Å². The molecule has 0 spiro atoms. The number of para-hydroxylation sites is 1. The molecule has 0 aliphatic carbocycles. The highest BCUT2D eigenvalue weighted by molar-refractivity contribution is 7.90. The van der Waals surface area contributed by atoms with Gasteiger partial charge in [-0.2, -0.15) is 9.78 Å². The first kappa shape index (κ1) is 28.3. The SMILES string of the molecule is COc1c(C(=O)O)cnn1-c1cccc(-c2cccc(C)c2OCc2ccc3c(c2)CCN(CCS(C)(=O)=O)C3)n1. The van der Waals surface area contributed by atoms with E-state index >= 15 is 0 Å². The summed E-state index contributed by atoms with van der Waals surface area (Å²) < 4.78 is 36.1. The zero-order valence-electron chi connectivity index (χ0n) is 23.2. The quantitative estimate of drug-likeness (QED) is 0.299. The van der Waals surface area contributed by atoms with Crippen LogP contribution in [-0.2, 0) is 29.4 Å². The van der Waals surface area contributed by atoms with Gasteiger partial charge in [-0.1, -0.05) is 36.4 Å². The number of nitrogens with zero attached hydrogens (tertiary/aromatic N) is 4. The highest BCUT2D eigenvalue weighted by Gasteiger charge is 2.21. The summed E-state index contributed by atoms with van der Waals surface area (Å²) >= 11 is 0. The molecule has 0 saturated carbocycles. The molecule has 2 aromatic carbocycles. The van der Waals surface area contributed by atoms with Crippen LogP contribution in [-0.4, -0.2) is 71.4 Å². The predicted octanol–water partition coefficient (Wildman–Crippen LogP) is 3.93. The molecule has 0 radical (unpaired) electrons. The van der Waals surface area contributed by atoms with E-state index in [-0.39, 0.29) is 17.2 Å². The second kappa shape index (κ2) is 11.7. The average Bonchev–Trinajstić information content (AvgIpc) is 3.40. The third-order valence-electron chi connectivity index (χ3n) is 7.11. The summed E-state index contributed by atoms with van der Waals surface area (Å²) in [5.74, 6) is 0.253. The number of sulfone groups is 1. The van der Waals surface area contributed by atoms with Crippen molar-refractivity contribution in [1.82, 2.24) is 19.7 Å². The summed E-state index contributed by atoms with van der Waals surface area (Å²) in [6.07, 6.45) is 3.37. The van der Waals surface area contributed by atoms with Crippen molar-refractivity contribution in [3.8, 4) is 28.7 Å². The van der Waals surface area contributed by atoms with Gasteiger partial charge in [-0.3, -0.25) is 4.90 Å². The molecule has 5 rings (SSSR count). The van der Waals surface area contributed by atoms with Gasteiger partial charge in [0.1, 0.15) is 27.8 Å². The normalized spacial score (nSPS) is 13.5. The number of rotatable bonds is 10. The fourth-order valence-electron chi connectivity index (χ4n) is 4.98. The largest absolute Gasteiger partial charge is 0.488 e. The maximum absolute atomic E-state index is 11.5. The Morgan fingerprint density at radius 2 is 1.90 bits per heavy atom. The number of fused-ring (bicyclic) bond motifs is 1. The predicted molar refractivity (Wildman–Crippen MR) is 155 cm³/mol. The minimum absolute atomic E-state index is 0.0501. The van der Waals surface area contributed by atoms with Gasteiger partial charge in [-0.05, 0) is 53.8 Å². The summed E-state index contributed by atoms with van der Waals surface area (Å²) in [6, 6.07) is 17.6. The molecule has 11 heteroatoms. The second-order valence-corrected chi connectivity index (χ2v) is 12.4. The van der Waals surface area contributed by atoms with Crippen LogP contribution in [0, 0.1) is 6.92 Å². The van der Waals surface area contributed by atoms with E-state index in [4.69, 9.17) is 14.5 Å². The monoisotopic (exact) mass is 576 g/mol. The van der Waals surface area contributed by atoms with Crippen molar-refractivity contribution in [2.45, 2.75) is 26.5 Å². The van der Waals surface area contributed by atoms with Gasteiger partial charge in [0.25, 0.3) is 0 Å². The van der Waals surface area contributed by atoms with E-state index in [2.05, 4.69) is 28.2 Å². The highest BCUT2D eigenvalue weighted by atomic mass is 32.2. The smallest absolute Gasteiger partial charge is 0.342 e. The molecule has 0 atom stereocenters. The maximum Gasteiger partial charge on any atom is 0.342 e. The molecule has 214 valence electrons. The molecule has 0 fully saturated rings. The molecule has 0 amide bonds. The molecule has 4 aromatic rings. The van der Waals surface area contributed by atoms with Crippen LogP contribution >= 0.6 is 0 Å². The van der Waals surface area contributed by atoms with Crippen molar-refractivity contribution in [2.24, 2.45) is 0 Å². The Morgan fingerprint density at radius 1 is 1.10 bits per heavy atom. The molecule has 41 heavy (non-hydrogen) atoms. The van der Waals surface area contributed by atoms with Crippen LogP contribution in [0.15, 0.2) is 60.8 Å². The van der Waals surface area contributed by atoms with Gasteiger partial charge >= 0.3 is 5.97 Å². The molecular formula is C30H32N4O6S. The number of pyridine rings is 1. The number of carboxylic acids is 1. The Hall–Kier alpha value is -4.22. The number of carboxylic acid groups (broad SMARTS) is 1. The lowest BCUT2D eigenvalue weighted by Crippen LogP contribution is -2.34. The van der Waals surface area contributed by atoms with E-state index in [1.165, 1.54) is 35.4 Å². The van der Waals surface area contributed by atoms with Crippen LogP contribution in [0.3, 0.4) is 0 Å². The number of aryl methyl sites for hydroxylation is 1. The van der Waals surface area contributed by atoms with Crippen molar-refractivity contribution >= 4 is 15.8 Å². The topological polar surface area (TPSA) is 124 Å². The van der Waals surface area contributed by atoms with Gasteiger partial charge in [0.2, 0.25) is 5.88 Å². The van der Waals surface area contributed by atoms with Gasteiger partial charge in [0.05, 0.1) is 24.8 Å². The van der Waals surface area contributed by atoms with Gasteiger partial charge in [0.15, 0.2) is 5.82 Å². The van der Waals surface area contributed by atoms with E-state index in [9.17, 15) is 18.3 Å². The summed E-state index contributed by atoms with van der Waals surface area (Å²) in [6.45, 7) is 4.47. The Balaban J connectivity index is 1.35. The fourth-order valence-corrected chi connectivity index (χ4v) is 5.57. The highest BCUT2D eigenvalue weighted by Crippen LogP contribution is 2.34. The van der Waals surface area contributed by atoms with Gasteiger partial charge < -0.3 is 14.6 Å². The summed E-state index contributed by atoms with van der Waals surface area (Å²) in [5.41, 5.74) is 5.88. The van der Waals surface area contributed by atoms with E-state index < -0.39 is 15.8 Å². The molecular weight excluding hydrogens is 544 g/mol. The number of aromatic carboxylic acids is 1. The number of ether oxygens (including phenoxy) is 2. The lowest BCUT2D eigenvalue weighted by Gasteiger charge is -2.28. The number of methoxy groups -OCH3 is 1. The molecule has 1 aliphatic heterocycles. The molecule has 10 nitrogen and oxygen atoms in total. The minimum atomic E-state index is -2.98. The van der Waals surface area contributed by atoms with Gasteiger partial charge in [-0.15, -0.1) is 0 Å². The van der Waals surface area contributed by atoms with Crippen LogP contribution in [0.5, 0.6) is 11.6 Å². The van der Waals surface area contributed by atoms with Crippen molar-refractivity contribution in [3.63, 3.8) is 0 Å². The third-order valence-corrected chi connectivity index (χ3v) is 8.04. The Morgan fingerprint density at radius 3 is 2.66 bits per heavy atom. The first-order valence-corrected chi connectivity index (χ1v) is 15.3. The summed E-state index contributed by atoms with van der Waals surface area (Å²) in [4.78, 5) is 18.5. The molecule has 2 aromatic heterocycles. The third kappa shape index (κ3) is 6.41. The average molecular weight is 577 g/mol. The van der Waals surface area contributed by atoms with Gasteiger partial charge in [0, 0.05) is 31.5 Å². The Labute approximate surface area is 239 Å². The number of hydrogen-bond acceptors (Lipinski definition) is 8. The minimum Gasteiger partial charge on any atom is -0.488 e. The number of carbonyl (C=O) groups is 1. The first-order valence-electron chi connectivity index (χ1n) is 13.2. The van der Waals surface area contributed by atoms with Crippen LogP contribution < -0.4 is 9.47 Å². The van der Waals surface area contributed by atoms with Crippen LogP contribution in [0.2, 0.25) is 0 Å². The lowest BCUT2D eigenvalue weighted by atomic mass is 9.97. The van der Waals surface area contributed by atoms with Crippen molar-refractivity contribution < 1.29 is 27.8 Å². The molecule has 0 bridgehead atoms. The van der Waals surface area contributed by atoms with Crippen LogP contribution in [0.25, 0.3) is 17.1 Å². The number of benzene rings is 2. The second-order valence-electron chi connectivity index (χ2n) is 10.2. The standard InChI is InChI=1S/C30H32N4O6S/c1-20-6-4-7-24(26-8-5-9-27(32-26)34-29(39-2)25(17-31-34)30(35)36)28(20)40-19-21-10-11-23-18-33(13-12-22(23)16-21)14-15-41(3,37)38/h4-11,16-17H,12-15,18-19H2,1-3H3,(H,35,36). The van der Waals surface area contributed by atoms with E-state index in [0.29, 0.717) is 30.4 Å². The van der Waals surface area contributed by atoms with Crippen LogP contribution in [0.1, 0.15) is 32.6 Å². The zero-order chi connectivity index (χ0) is 29.1. The van der Waals surface area contributed by atoms with Crippen molar-refractivity contribution in [1.29, 1.82) is 0 Å². The maximum atomic E-state index is 11.5. The van der Waals surface area contributed by atoms with Gasteiger partial charge in [-0.25, -0.2) is 18.2 Å². The molecule has 3 heterocycles. The number of hydrogen-bond donors (Lipinski definition) is 1. The molecule has 1 aliphatic rings. The lowest BCUT2D eigenvalue weighted by molar-refractivity contribution is 0.0693.